The van der Waals surface area contributed by atoms with Gasteiger partial charge in [0, 0.05) is 18.0 Å². The van der Waals surface area contributed by atoms with Crippen molar-refractivity contribution in [3.8, 4) is 0 Å². The molecule has 1 aromatic heterocycles. The van der Waals surface area contributed by atoms with Crippen LogP contribution in [0, 0.1) is 5.92 Å². The normalized spacial score (nSPS) is 25.8. The Morgan fingerprint density at radius 3 is 3.00 bits per heavy atom. The monoisotopic (exact) mass is 283 g/mol. The molecule has 0 bridgehead atoms. The van der Waals surface area contributed by atoms with E-state index >= 15 is 0 Å². The molecule has 21 heavy (non-hydrogen) atoms. The molecule has 4 heteroatoms. The summed E-state index contributed by atoms with van der Waals surface area (Å²) in [5, 5.41) is 7.97. The fraction of sp³-hybridized carbons (Fsp3) is 0.529. The number of nitrogens with zero attached hydrogens (tertiary/aromatic N) is 2. The van der Waals surface area contributed by atoms with Crippen LogP contribution in [0.3, 0.4) is 0 Å². The molecule has 1 saturated carbocycles. The molecule has 1 aliphatic heterocycles. The van der Waals surface area contributed by atoms with Crippen LogP contribution in [0.15, 0.2) is 24.4 Å². The van der Waals surface area contributed by atoms with Gasteiger partial charge >= 0.3 is 0 Å². The van der Waals surface area contributed by atoms with Crippen molar-refractivity contribution in [3.05, 3.63) is 30.0 Å². The zero-order valence-electron chi connectivity index (χ0n) is 12.2. The molecule has 1 N–H and O–H groups in total. The highest BCUT2D eigenvalue weighted by Crippen LogP contribution is 2.36. The standard InChI is InChI=1S/C17H21N3O/c21-17(13-7-3-8-15-14(13)11-18-19-15)20-10-4-6-12-5-1-2-9-16(12)20/h3,7-8,11-12,16H,1-2,4-6,9-10H2,(H,18,19)/t12-,16+/m0/s1. The summed E-state index contributed by atoms with van der Waals surface area (Å²) < 4.78 is 0. The summed E-state index contributed by atoms with van der Waals surface area (Å²) in [5.41, 5.74) is 1.74. The Morgan fingerprint density at radius 2 is 2.05 bits per heavy atom. The summed E-state index contributed by atoms with van der Waals surface area (Å²) >= 11 is 0. The first-order valence-electron chi connectivity index (χ1n) is 8.07. The van der Waals surface area contributed by atoms with E-state index in [1.807, 2.05) is 18.2 Å². The summed E-state index contributed by atoms with van der Waals surface area (Å²) in [6.45, 7) is 0.911. The van der Waals surface area contributed by atoms with E-state index < -0.39 is 0 Å². The van der Waals surface area contributed by atoms with E-state index in [2.05, 4.69) is 15.1 Å². The number of piperidine rings is 1. The number of fused-ring (bicyclic) bond motifs is 2. The molecule has 2 aliphatic rings. The molecule has 2 atom stereocenters. The minimum atomic E-state index is 0.193. The lowest BCUT2D eigenvalue weighted by Crippen LogP contribution is -2.49. The number of aromatic nitrogens is 2. The maximum atomic E-state index is 13.1. The second-order valence-electron chi connectivity index (χ2n) is 6.39. The Hall–Kier alpha value is -1.84. The van der Waals surface area contributed by atoms with Crippen LogP contribution in [0.1, 0.15) is 48.9 Å². The third kappa shape index (κ3) is 2.13. The van der Waals surface area contributed by atoms with Crippen LogP contribution in [0.4, 0.5) is 0 Å². The highest BCUT2D eigenvalue weighted by molar-refractivity contribution is 6.06. The van der Waals surface area contributed by atoms with E-state index in [1.165, 1.54) is 32.1 Å². The summed E-state index contributed by atoms with van der Waals surface area (Å²) in [4.78, 5) is 15.2. The van der Waals surface area contributed by atoms with Gasteiger partial charge < -0.3 is 4.90 Å². The molecule has 2 aromatic rings. The van der Waals surface area contributed by atoms with Gasteiger partial charge in [-0.3, -0.25) is 9.89 Å². The first kappa shape index (κ1) is 12.9. The lowest BCUT2D eigenvalue weighted by atomic mass is 9.78. The van der Waals surface area contributed by atoms with Gasteiger partial charge in [0.05, 0.1) is 17.3 Å². The van der Waals surface area contributed by atoms with Crippen molar-refractivity contribution in [1.29, 1.82) is 0 Å². The predicted molar refractivity (Wildman–Crippen MR) is 82.1 cm³/mol. The molecule has 2 heterocycles. The Balaban J connectivity index is 1.68. The number of H-pyrrole nitrogens is 1. The Morgan fingerprint density at radius 1 is 1.19 bits per heavy atom. The summed E-state index contributed by atoms with van der Waals surface area (Å²) in [6, 6.07) is 6.31. The highest BCUT2D eigenvalue weighted by Gasteiger charge is 2.36. The van der Waals surface area contributed by atoms with Gasteiger partial charge in [-0.2, -0.15) is 5.10 Å². The van der Waals surface area contributed by atoms with Crippen LogP contribution in [0.25, 0.3) is 10.9 Å². The van der Waals surface area contributed by atoms with E-state index in [1.54, 1.807) is 6.20 Å². The number of nitrogens with one attached hydrogen (secondary N) is 1. The molecule has 4 nitrogen and oxygen atoms in total. The molecular formula is C17H21N3O. The number of carbonyl (C=O) groups excluding carboxylic acids is 1. The van der Waals surface area contributed by atoms with Crippen LogP contribution in [-0.4, -0.2) is 33.6 Å². The maximum absolute atomic E-state index is 13.1. The van der Waals surface area contributed by atoms with E-state index in [0.29, 0.717) is 6.04 Å². The van der Waals surface area contributed by atoms with Crippen LogP contribution in [0.2, 0.25) is 0 Å². The van der Waals surface area contributed by atoms with Gasteiger partial charge in [-0.1, -0.05) is 18.9 Å². The van der Waals surface area contributed by atoms with E-state index in [0.717, 1.165) is 35.3 Å². The first-order valence-corrected chi connectivity index (χ1v) is 8.07. The second-order valence-corrected chi connectivity index (χ2v) is 6.39. The van der Waals surface area contributed by atoms with Crippen molar-refractivity contribution >= 4 is 16.8 Å². The lowest BCUT2D eigenvalue weighted by Gasteiger charge is -2.44. The Bertz CT molecular complexity index is 661. The predicted octanol–water partition coefficient (Wildman–Crippen LogP) is 3.36. The third-order valence-corrected chi connectivity index (χ3v) is 5.22. The summed E-state index contributed by atoms with van der Waals surface area (Å²) in [7, 11) is 0. The molecule has 1 aliphatic carbocycles. The SMILES string of the molecule is O=C(c1cccc2[nH]ncc12)N1CCC[C@@H]2CCCC[C@H]21. The number of hydrogen-bond acceptors (Lipinski definition) is 2. The zero-order valence-corrected chi connectivity index (χ0v) is 12.2. The average molecular weight is 283 g/mol. The molecular weight excluding hydrogens is 262 g/mol. The lowest BCUT2D eigenvalue weighted by molar-refractivity contribution is 0.0392. The van der Waals surface area contributed by atoms with Crippen LogP contribution in [0.5, 0.6) is 0 Å². The molecule has 1 saturated heterocycles. The molecule has 1 aromatic carbocycles. The van der Waals surface area contributed by atoms with Crippen LogP contribution < -0.4 is 0 Å². The zero-order chi connectivity index (χ0) is 14.2. The quantitative estimate of drug-likeness (QED) is 0.872. The van der Waals surface area contributed by atoms with Gasteiger partial charge in [0.15, 0.2) is 0 Å². The van der Waals surface area contributed by atoms with Crippen molar-refractivity contribution in [1.82, 2.24) is 15.1 Å². The fourth-order valence-electron chi connectivity index (χ4n) is 4.19. The molecule has 110 valence electrons. The topological polar surface area (TPSA) is 49.0 Å². The highest BCUT2D eigenvalue weighted by atomic mass is 16.2. The van der Waals surface area contributed by atoms with Gasteiger partial charge in [-0.15, -0.1) is 0 Å². The maximum Gasteiger partial charge on any atom is 0.254 e. The molecule has 0 spiro atoms. The van der Waals surface area contributed by atoms with E-state index in [4.69, 9.17) is 0 Å². The third-order valence-electron chi connectivity index (χ3n) is 5.22. The molecule has 2 fully saturated rings. The van der Waals surface area contributed by atoms with Gasteiger partial charge in [-0.05, 0) is 43.7 Å². The minimum absolute atomic E-state index is 0.193. The van der Waals surface area contributed by atoms with Gasteiger partial charge in [0.25, 0.3) is 5.91 Å². The van der Waals surface area contributed by atoms with Gasteiger partial charge in [0.2, 0.25) is 0 Å². The fourth-order valence-corrected chi connectivity index (χ4v) is 4.19. The Kier molecular flexibility index (Phi) is 3.17. The minimum Gasteiger partial charge on any atom is -0.335 e. The number of amides is 1. The number of aromatic amines is 1. The average Bonchev–Trinajstić information content (AvgIpc) is 3.02. The van der Waals surface area contributed by atoms with Crippen molar-refractivity contribution in [2.24, 2.45) is 5.92 Å². The molecule has 0 radical (unpaired) electrons. The largest absolute Gasteiger partial charge is 0.335 e. The van der Waals surface area contributed by atoms with Crippen molar-refractivity contribution < 1.29 is 4.79 Å². The van der Waals surface area contributed by atoms with Gasteiger partial charge in [0.1, 0.15) is 0 Å². The first-order chi connectivity index (χ1) is 10.3. The Labute approximate surface area is 124 Å². The van der Waals surface area contributed by atoms with Gasteiger partial charge in [-0.25, -0.2) is 0 Å². The number of hydrogen-bond donors (Lipinski definition) is 1. The second kappa shape index (κ2) is 5.17. The van der Waals surface area contributed by atoms with Crippen LogP contribution >= 0.6 is 0 Å². The molecule has 1 amide bonds. The molecule has 0 unspecified atom stereocenters. The number of rotatable bonds is 1. The van der Waals surface area contributed by atoms with Crippen molar-refractivity contribution in [3.63, 3.8) is 0 Å². The number of carbonyl (C=O) groups is 1. The van der Waals surface area contributed by atoms with E-state index in [9.17, 15) is 4.79 Å². The van der Waals surface area contributed by atoms with Crippen LogP contribution in [-0.2, 0) is 0 Å². The number of likely N-dealkylation sites (tertiary alicyclic amines) is 1. The summed E-state index contributed by atoms with van der Waals surface area (Å²) in [6.07, 6.45) is 9.28. The summed E-state index contributed by atoms with van der Waals surface area (Å²) in [5.74, 6) is 0.915. The van der Waals surface area contributed by atoms with Crippen molar-refractivity contribution in [2.45, 2.75) is 44.6 Å². The number of benzene rings is 1. The van der Waals surface area contributed by atoms with Crippen molar-refractivity contribution in [2.75, 3.05) is 6.54 Å². The molecule has 4 rings (SSSR count). The smallest absolute Gasteiger partial charge is 0.254 e. The van der Waals surface area contributed by atoms with E-state index in [-0.39, 0.29) is 5.91 Å².